The van der Waals surface area contributed by atoms with E-state index in [0.717, 1.165) is 16.9 Å². The van der Waals surface area contributed by atoms with E-state index >= 15 is 0 Å². The van der Waals surface area contributed by atoms with Crippen molar-refractivity contribution >= 4 is 13.3 Å². The monoisotopic (exact) mass is 362 g/mol. The zero-order chi connectivity index (χ0) is 17.9. The Balaban J connectivity index is 2.10. The van der Waals surface area contributed by atoms with Crippen molar-refractivity contribution in [1.82, 2.24) is 0 Å². The maximum absolute atomic E-state index is 6.29. The third kappa shape index (κ3) is 2.83. The molecule has 3 rings (SSSR count). The van der Waals surface area contributed by atoms with Gasteiger partial charge in [-0.05, 0) is 0 Å². The molecule has 2 aromatic rings. The Labute approximate surface area is 148 Å². The van der Waals surface area contributed by atoms with Crippen LogP contribution in [-0.2, 0) is 18.1 Å². The Kier molecular flexibility index (Phi) is 4.85. The Morgan fingerprint density at radius 2 is 1.40 bits per heavy atom. The number of benzene rings is 2. The van der Waals surface area contributed by atoms with Gasteiger partial charge in [-0.2, -0.15) is 0 Å². The van der Waals surface area contributed by atoms with E-state index in [1.165, 1.54) is 0 Å². The van der Waals surface area contributed by atoms with Crippen LogP contribution in [0.15, 0.2) is 60.7 Å². The van der Waals surface area contributed by atoms with Gasteiger partial charge in [-0.1, -0.05) is 0 Å². The van der Waals surface area contributed by atoms with Crippen molar-refractivity contribution in [3.63, 3.8) is 0 Å². The summed E-state index contributed by atoms with van der Waals surface area (Å²) in [5.74, 6) is 1.45. The molecule has 0 aliphatic carbocycles. The number of allylic oxidation sites excluding steroid dienone is 1. The third-order valence-electron chi connectivity index (χ3n) is 4.53. The second kappa shape index (κ2) is 6.77. The molecule has 5 nitrogen and oxygen atoms in total. The molecule has 1 atom stereocenters. The first-order valence-electron chi connectivity index (χ1n) is 7.92. The van der Waals surface area contributed by atoms with Gasteiger partial charge in [0.2, 0.25) is 0 Å². The molecule has 6 heteroatoms. The molecule has 1 aliphatic rings. The fraction of sp³-hybridized carbons (Fsp3) is 0.263. The summed E-state index contributed by atoms with van der Waals surface area (Å²) >= 11 is 0. The van der Waals surface area contributed by atoms with Crippen molar-refractivity contribution in [2.75, 3.05) is 28.4 Å². The fourth-order valence-corrected chi connectivity index (χ4v) is 6.12. The van der Waals surface area contributed by atoms with Crippen LogP contribution in [0, 0.1) is 0 Å². The van der Waals surface area contributed by atoms with Crippen LogP contribution in [0.25, 0.3) is 5.76 Å². The number of hydrogen-bond donors (Lipinski definition) is 0. The van der Waals surface area contributed by atoms with Crippen LogP contribution in [0.2, 0.25) is 0 Å². The van der Waals surface area contributed by atoms with E-state index in [0.29, 0.717) is 5.76 Å². The van der Waals surface area contributed by atoms with Crippen LogP contribution in [0.4, 0.5) is 0 Å². The van der Waals surface area contributed by atoms with Gasteiger partial charge in [0.15, 0.2) is 0 Å². The number of methoxy groups -OCH3 is 1. The van der Waals surface area contributed by atoms with Crippen molar-refractivity contribution in [3.8, 4) is 5.75 Å². The summed E-state index contributed by atoms with van der Waals surface area (Å²) in [6.07, 6.45) is 2.01. The molecule has 0 saturated heterocycles. The molecule has 2 aromatic carbocycles. The van der Waals surface area contributed by atoms with Gasteiger partial charge in [-0.25, -0.2) is 0 Å². The maximum atomic E-state index is 6.29. The number of hydrogen-bond acceptors (Lipinski definition) is 5. The Bertz CT molecular complexity index is 742. The Hall–Kier alpha value is -1.91. The predicted octanol–water partition coefficient (Wildman–Crippen LogP) is 4.96. The van der Waals surface area contributed by atoms with Crippen LogP contribution >= 0.6 is 7.51 Å². The third-order valence-corrected chi connectivity index (χ3v) is 8.38. The average Bonchev–Trinajstić information content (AvgIpc) is 3.06. The van der Waals surface area contributed by atoms with E-state index in [2.05, 4.69) is 0 Å². The van der Waals surface area contributed by atoms with Crippen molar-refractivity contribution in [3.05, 3.63) is 71.8 Å². The normalized spacial score (nSPS) is 22.3. The molecule has 134 valence electrons. The van der Waals surface area contributed by atoms with Crippen molar-refractivity contribution in [2.24, 2.45) is 0 Å². The number of rotatable bonds is 6. The standard InChI is InChI=1S/C19H23O5P/c1-20-17-12-10-15(11-13-17)18-14-19(16-8-6-5-7-9-16)25(21-2,22-3,23-4)24-18/h5-14,19H,1-4H3. The summed E-state index contributed by atoms with van der Waals surface area (Å²) in [6, 6.07) is 17.6. The van der Waals surface area contributed by atoms with E-state index in [1.807, 2.05) is 60.7 Å². The fourth-order valence-electron chi connectivity index (χ4n) is 3.10. The summed E-state index contributed by atoms with van der Waals surface area (Å²) in [5, 5.41) is 0. The summed E-state index contributed by atoms with van der Waals surface area (Å²) < 4.78 is 29.0. The van der Waals surface area contributed by atoms with Crippen LogP contribution < -0.4 is 4.74 Å². The molecular weight excluding hydrogens is 339 g/mol. The van der Waals surface area contributed by atoms with Gasteiger partial charge in [-0.3, -0.25) is 0 Å². The van der Waals surface area contributed by atoms with Gasteiger partial charge in [-0.15, -0.1) is 0 Å². The van der Waals surface area contributed by atoms with Gasteiger partial charge in [0, 0.05) is 0 Å². The SMILES string of the molecule is COc1ccc(C2=CC(c3ccccc3)P(OC)(OC)(OC)O2)cc1. The number of ether oxygens (including phenoxy) is 1. The Morgan fingerprint density at radius 3 is 1.92 bits per heavy atom. The van der Waals surface area contributed by atoms with Crippen molar-refractivity contribution in [2.45, 2.75) is 5.66 Å². The van der Waals surface area contributed by atoms with Crippen LogP contribution in [-0.4, -0.2) is 28.4 Å². The van der Waals surface area contributed by atoms with Gasteiger partial charge >= 0.3 is 148 Å². The van der Waals surface area contributed by atoms with Crippen LogP contribution in [0.5, 0.6) is 5.75 Å². The van der Waals surface area contributed by atoms with Crippen LogP contribution in [0.1, 0.15) is 16.8 Å². The molecule has 0 aromatic heterocycles. The first-order valence-corrected chi connectivity index (χ1v) is 9.90. The second-order valence-corrected chi connectivity index (χ2v) is 9.19. The van der Waals surface area contributed by atoms with E-state index in [-0.39, 0.29) is 5.66 Å². The zero-order valence-electron chi connectivity index (χ0n) is 14.8. The summed E-state index contributed by atoms with van der Waals surface area (Å²) in [4.78, 5) is 0. The average molecular weight is 362 g/mol. The van der Waals surface area contributed by atoms with E-state index < -0.39 is 7.51 Å². The zero-order valence-corrected chi connectivity index (χ0v) is 15.7. The quantitative estimate of drug-likeness (QED) is 0.680. The minimum absolute atomic E-state index is 0.288. The summed E-state index contributed by atoms with van der Waals surface area (Å²) in [5.41, 5.74) is 1.62. The topological polar surface area (TPSA) is 46.2 Å². The molecule has 0 bridgehead atoms. The molecule has 1 heterocycles. The van der Waals surface area contributed by atoms with E-state index in [1.54, 1.807) is 28.4 Å². The van der Waals surface area contributed by atoms with Crippen LogP contribution in [0.3, 0.4) is 0 Å². The van der Waals surface area contributed by atoms with Gasteiger partial charge in [0.25, 0.3) is 0 Å². The molecule has 0 spiro atoms. The molecule has 1 aliphatic heterocycles. The molecule has 0 radical (unpaired) electrons. The van der Waals surface area contributed by atoms with E-state index in [9.17, 15) is 0 Å². The molecule has 25 heavy (non-hydrogen) atoms. The molecule has 0 fully saturated rings. The Morgan fingerprint density at radius 1 is 0.800 bits per heavy atom. The van der Waals surface area contributed by atoms with Gasteiger partial charge < -0.3 is 0 Å². The molecule has 0 amide bonds. The second-order valence-electron chi connectivity index (χ2n) is 5.62. The first kappa shape index (κ1) is 17.9. The predicted molar refractivity (Wildman–Crippen MR) is 99.2 cm³/mol. The van der Waals surface area contributed by atoms with E-state index in [4.69, 9.17) is 22.8 Å². The van der Waals surface area contributed by atoms with Crippen molar-refractivity contribution in [1.29, 1.82) is 0 Å². The first-order chi connectivity index (χ1) is 12.1. The van der Waals surface area contributed by atoms with Gasteiger partial charge in [0.05, 0.1) is 0 Å². The van der Waals surface area contributed by atoms with Gasteiger partial charge in [0.1, 0.15) is 0 Å². The summed E-state index contributed by atoms with van der Waals surface area (Å²) in [6.45, 7) is 0. The molecular formula is C19H23O5P. The minimum atomic E-state index is -3.86. The molecule has 0 N–H and O–H groups in total. The molecule has 0 saturated carbocycles. The molecule has 1 unspecified atom stereocenters. The summed E-state index contributed by atoms with van der Waals surface area (Å²) in [7, 11) is 2.46. The van der Waals surface area contributed by atoms with Crippen molar-refractivity contribution < 1.29 is 22.8 Å².